The Kier molecular flexibility index (Phi) is 6.08. The molecule has 0 aliphatic rings. The van der Waals surface area contributed by atoms with Gasteiger partial charge in [-0.3, -0.25) is 0 Å². The maximum absolute atomic E-state index is 12.0. The Bertz CT molecular complexity index is 1170. The van der Waals surface area contributed by atoms with E-state index in [9.17, 15) is 4.79 Å². The molecule has 6 nitrogen and oxygen atoms in total. The van der Waals surface area contributed by atoms with Crippen LogP contribution in [0.5, 0.6) is 17.4 Å². The fraction of sp³-hybridized carbons (Fsp3) is 0.160. The van der Waals surface area contributed by atoms with E-state index in [2.05, 4.69) is 4.98 Å². The van der Waals surface area contributed by atoms with Gasteiger partial charge in [0.2, 0.25) is 5.88 Å². The highest BCUT2D eigenvalue weighted by atomic mass is 16.7. The smallest absolute Gasteiger partial charge is 0.497 e. The molecule has 1 aromatic heterocycles. The minimum absolute atomic E-state index is 0.231. The molecule has 0 saturated carbocycles. The first-order chi connectivity index (χ1) is 15.2. The number of H-pyrrole nitrogens is 1. The fourth-order valence-corrected chi connectivity index (χ4v) is 3.33. The van der Waals surface area contributed by atoms with Crippen LogP contribution in [0.2, 0.25) is 0 Å². The molecule has 3 aromatic carbocycles. The largest absolute Gasteiger partial charge is 0.515 e. The molecule has 1 heterocycles. The highest BCUT2D eigenvalue weighted by Crippen LogP contribution is 2.39. The molecule has 158 valence electrons. The summed E-state index contributed by atoms with van der Waals surface area (Å²) in [6.07, 6.45) is -0.760. The molecular weight excluding hydrogens is 394 g/mol. The molecule has 0 aliphatic heterocycles. The van der Waals surface area contributed by atoms with E-state index < -0.39 is 6.16 Å². The molecule has 0 aliphatic carbocycles. The van der Waals surface area contributed by atoms with Crippen molar-refractivity contribution in [3.8, 4) is 28.5 Å². The number of nitrogens with one attached hydrogen (secondary N) is 1. The van der Waals surface area contributed by atoms with Crippen LogP contribution in [-0.2, 0) is 11.3 Å². The minimum Gasteiger partial charge on any atom is -0.497 e. The standard InChI is InChI=1S/C25H23NO5/c1-3-29-25(27)31-24-23(18-9-11-19(28-2)12-10-18)21-14-13-20(15-22(21)26-24)30-16-17-7-5-4-6-8-17/h4-15,26H,3,16H2,1-2H3. The van der Waals surface area contributed by atoms with Gasteiger partial charge in [-0.25, -0.2) is 4.79 Å². The van der Waals surface area contributed by atoms with Crippen molar-refractivity contribution in [3.63, 3.8) is 0 Å². The maximum atomic E-state index is 12.0. The van der Waals surface area contributed by atoms with Crippen LogP contribution in [-0.4, -0.2) is 24.9 Å². The van der Waals surface area contributed by atoms with Crippen molar-refractivity contribution >= 4 is 17.1 Å². The molecule has 1 N–H and O–H groups in total. The second-order valence-electron chi connectivity index (χ2n) is 6.82. The number of rotatable bonds is 7. The molecule has 0 unspecified atom stereocenters. The summed E-state index contributed by atoms with van der Waals surface area (Å²) >= 11 is 0. The molecule has 4 rings (SSSR count). The number of aromatic amines is 1. The first-order valence-electron chi connectivity index (χ1n) is 9.99. The van der Waals surface area contributed by atoms with E-state index in [4.69, 9.17) is 18.9 Å². The van der Waals surface area contributed by atoms with E-state index in [0.717, 1.165) is 33.3 Å². The molecule has 0 saturated heterocycles. The van der Waals surface area contributed by atoms with Crippen molar-refractivity contribution in [2.24, 2.45) is 0 Å². The van der Waals surface area contributed by atoms with Crippen LogP contribution in [0.1, 0.15) is 12.5 Å². The molecule has 0 radical (unpaired) electrons. The van der Waals surface area contributed by atoms with Gasteiger partial charge in [0.05, 0.1) is 24.8 Å². The SMILES string of the molecule is CCOC(=O)Oc1[nH]c2cc(OCc3ccccc3)ccc2c1-c1ccc(OC)cc1. The van der Waals surface area contributed by atoms with Crippen molar-refractivity contribution in [3.05, 3.63) is 78.4 Å². The van der Waals surface area contributed by atoms with E-state index >= 15 is 0 Å². The van der Waals surface area contributed by atoms with E-state index in [0.29, 0.717) is 18.2 Å². The number of methoxy groups -OCH3 is 1. The third-order valence-corrected chi connectivity index (χ3v) is 4.81. The Balaban J connectivity index is 1.69. The van der Waals surface area contributed by atoms with Gasteiger partial charge in [-0.2, -0.15) is 0 Å². The average Bonchev–Trinajstić information content (AvgIpc) is 3.15. The van der Waals surface area contributed by atoms with Gasteiger partial charge >= 0.3 is 6.16 Å². The van der Waals surface area contributed by atoms with Gasteiger partial charge in [0.25, 0.3) is 0 Å². The first-order valence-corrected chi connectivity index (χ1v) is 9.99. The van der Waals surface area contributed by atoms with E-state index in [1.54, 1.807) is 14.0 Å². The Labute approximate surface area is 180 Å². The van der Waals surface area contributed by atoms with Crippen LogP contribution < -0.4 is 14.2 Å². The number of carbonyl (C=O) groups is 1. The van der Waals surface area contributed by atoms with Crippen molar-refractivity contribution in [2.75, 3.05) is 13.7 Å². The quantitative estimate of drug-likeness (QED) is 0.376. The zero-order valence-corrected chi connectivity index (χ0v) is 17.4. The van der Waals surface area contributed by atoms with Gasteiger partial charge in [0.1, 0.15) is 18.1 Å². The Morgan fingerprint density at radius 3 is 2.39 bits per heavy atom. The average molecular weight is 417 g/mol. The lowest BCUT2D eigenvalue weighted by molar-refractivity contribution is 0.103. The summed E-state index contributed by atoms with van der Waals surface area (Å²) in [5.74, 6) is 1.77. The third kappa shape index (κ3) is 4.64. The Morgan fingerprint density at radius 1 is 0.935 bits per heavy atom. The number of benzene rings is 3. The second kappa shape index (κ2) is 9.26. The molecule has 0 bridgehead atoms. The van der Waals surface area contributed by atoms with Crippen molar-refractivity contribution in [2.45, 2.75) is 13.5 Å². The third-order valence-electron chi connectivity index (χ3n) is 4.81. The predicted octanol–water partition coefficient (Wildman–Crippen LogP) is 5.96. The maximum Gasteiger partial charge on any atom is 0.515 e. The molecule has 0 spiro atoms. The molecule has 0 amide bonds. The molecule has 0 fully saturated rings. The number of ether oxygens (including phenoxy) is 4. The number of carbonyl (C=O) groups excluding carboxylic acids is 1. The van der Waals surface area contributed by atoms with Gasteiger partial charge in [0, 0.05) is 11.5 Å². The first kappa shape index (κ1) is 20.3. The van der Waals surface area contributed by atoms with Gasteiger partial charge in [0.15, 0.2) is 0 Å². The van der Waals surface area contributed by atoms with Crippen molar-refractivity contribution < 1.29 is 23.7 Å². The lowest BCUT2D eigenvalue weighted by Gasteiger charge is -2.08. The van der Waals surface area contributed by atoms with E-state index in [-0.39, 0.29) is 6.61 Å². The summed E-state index contributed by atoms with van der Waals surface area (Å²) in [4.78, 5) is 15.2. The van der Waals surface area contributed by atoms with E-state index in [1.807, 2.05) is 72.8 Å². The van der Waals surface area contributed by atoms with Crippen molar-refractivity contribution in [1.82, 2.24) is 4.98 Å². The molecule has 0 atom stereocenters. The number of hydrogen-bond donors (Lipinski definition) is 1. The molecule has 31 heavy (non-hydrogen) atoms. The van der Waals surface area contributed by atoms with Gasteiger partial charge in [-0.05, 0) is 42.3 Å². The van der Waals surface area contributed by atoms with Crippen LogP contribution in [0.25, 0.3) is 22.0 Å². The topological polar surface area (TPSA) is 69.8 Å². The summed E-state index contributed by atoms with van der Waals surface area (Å²) < 4.78 is 21.6. The Hall–Kier alpha value is -3.93. The summed E-state index contributed by atoms with van der Waals surface area (Å²) in [6, 6.07) is 23.3. The zero-order valence-electron chi connectivity index (χ0n) is 17.4. The summed E-state index contributed by atoms with van der Waals surface area (Å²) in [5, 5.41) is 0.900. The monoisotopic (exact) mass is 417 g/mol. The number of fused-ring (bicyclic) bond motifs is 1. The number of aromatic nitrogens is 1. The molecular formula is C25H23NO5. The van der Waals surface area contributed by atoms with Crippen LogP contribution in [0, 0.1) is 0 Å². The number of hydrogen-bond acceptors (Lipinski definition) is 5. The Morgan fingerprint density at radius 2 is 1.68 bits per heavy atom. The van der Waals surface area contributed by atoms with Crippen LogP contribution in [0.3, 0.4) is 0 Å². The molecule has 4 aromatic rings. The summed E-state index contributed by atoms with van der Waals surface area (Å²) in [7, 11) is 1.62. The zero-order chi connectivity index (χ0) is 21.6. The lowest BCUT2D eigenvalue weighted by atomic mass is 10.0. The highest BCUT2D eigenvalue weighted by molar-refractivity contribution is 6.00. The van der Waals surface area contributed by atoms with Gasteiger partial charge < -0.3 is 23.9 Å². The minimum atomic E-state index is -0.760. The van der Waals surface area contributed by atoms with Crippen LogP contribution in [0.15, 0.2) is 72.8 Å². The van der Waals surface area contributed by atoms with Gasteiger partial charge in [-0.1, -0.05) is 42.5 Å². The lowest BCUT2D eigenvalue weighted by Crippen LogP contribution is -2.10. The highest BCUT2D eigenvalue weighted by Gasteiger charge is 2.19. The van der Waals surface area contributed by atoms with Gasteiger partial charge in [-0.15, -0.1) is 0 Å². The van der Waals surface area contributed by atoms with Crippen molar-refractivity contribution in [1.29, 1.82) is 0 Å². The second-order valence-corrected chi connectivity index (χ2v) is 6.82. The summed E-state index contributed by atoms with van der Waals surface area (Å²) in [5.41, 5.74) is 3.51. The van der Waals surface area contributed by atoms with E-state index in [1.165, 1.54) is 0 Å². The van der Waals surface area contributed by atoms with Crippen LogP contribution >= 0.6 is 0 Å². The normalized spacial score (nSPS) is 10.6. The summed E-state index contributed by atoms with van der Waals surface area (Å²) in [6.45, 7) is 2.42. The molecule has 6 heteroatoms. The van der Waals surface area contributed by atoms with Crippen LogP contribution in [0.4, 0.5) is 4.79 Å². The predicted molar refractivity (Wildman–Crippen MR) is 119 cm³/mol. The fourth-order valence-electron chi connectivity index (χ4n) is 3.33.